The molecule has 2 unspecified atom stereocenters. The number of carbonyl (C=O) groups is 1. The van der Waals surface area contributed by atoms with Crippen molar-refractivity contribution in [3.05, 3.63) is 42.7 Å². The summed E-state index contributed by atoms with van der Waals surface area (Å²) in [5, 5.41) is 3.14. The second kappa shape index (κ2) is 6.73. The van der Waals surface area contributed by atoms with Gasteiger partial charge in [-0.1, -0.05) is 19.8 Å². The molecule has 5 heteroatoms. The molecule has 1 fully saturated rings. The van der Waals surface area contributed by atoms with E-state index in [-0.39, 0.29) is 11.9 Å². The third kappa shape index (κ3) is 3.53. The summed E-state index contributed by atoms with van der Waals surface area (Å²) in [5.41, 5.74) is 1.36. The van der Waals surface area contributed by atoms with Gasteiger partial charge in [0.2, 0.25) is 0 Å². The summed E-state index contributed by atoms with van der Waals surface area (Å²) in [4.78, 5) is 20.7. The maximum absolute atomic E-state index is 12.4. The number of pyridine rings is 1. The zero-order valence-corrected chi connectivity index (χ0v) is 12.9. The fraction of sp³-hybridized carbons (Fsp3) is 0.471. The number of aromatic nitrogens is 3. The van der Waals surface area contributed by atoms with Crippen molar-refractivity contribution in [1.29, 1.82) is 0 Å². The van der Waals surface area contributed by atoms with E-state index in [0.29, 0.717) is 5.69 Å². The van der Waals surface area contributed by atoms with Crippen LogP contribution in [0, 0.1) is 5.92 Å². The zero-order chi connectivity index (χ0) is 15.4. The summed E-state index contributed by atoms with van der Waals surface area (Å²) in [5.74, 6) is 0.686. The van der Waals surface area contributed by atoms with Crippen molar-refractivity contribution in [3.63, 3.8) is 0 Å². The average Bonchev–Trinajstić information content (AvgIpc) is 2.99. The van der Waals surface area contributed by atoms with Crippen LogP contribution in [0.25, 0.3) is 5.69 Å². The minimum absolute atomic E-state index is 0.0819. The van der Waals surface area contributed by atoms with E-state index in [2.05, 4.69) is 22.2 Å². The van der Waals surface area contributed by atoms with Crippen molar-refractivity contribution in [2.45, 2.75) is 45.1 Å². The molecule has 0 saturated heterocycles. The van der Waals surface area contributed by atoms with E-state index in [1.807, 2.05) is 16.8 Å². The molecule has 2 aromatic heterocycles. The van der Waals surface area contributed by atoms with Crippen molar-refractivity contribution in [3.8, 4) is 5.69 Å². The highest BCUT2D eigenvalue weighted by Crippen LogP contribution is 2.22. The Balaban J connectivity index is 1.68. The van der Waals surface area contributed by atoms with Crippen LogP contribution in [-0.4, -0.2) is 26.5 Å². The molecule has 2 aromatic rings. The lowest BCUT2D eigenvalue weighted by atomic mass is 10.0. The minimum atomic E-state index is -0.0819. The fourth-order valence-corrected chi connectivity index (χ4v) is 3.01. The predicted molar refractivity (Wildman–Crippen MR) is 84.9 cm³/mol. The molecule has 1 N–H and O–H groups in total. The van der Waals surface area contributed by atoms with Crippen LogP contribution >= 0.6 is 0 Å². The second-order valence-electron chi connectivity index (χ2n) is 6.15. The quantitative estimate of drug-likeness (QED) is 0.886. The maximum atomic E-state index is 12.4. The Morgan fingerprint density at radius 1 is 1.27 bits per heavy atom. The van der Waals surface area contributed by atoms with Gasteiger partial charge in [-0.05, 0) is 37.3 Å². The largest absolute Gasteiger partial charge is 0.348 e. The predicted octanol–water partition coefficient (Wildman–Crippen LogP) is 2.97. The van der Waals surface area contributed by atoms with Gasteiger partial charge in [0, 0.05) is 24.6 Å². The van der Waals surface area contributed by atoms with Gasteiger partial charge in [0.25, 0.3) is 5.91 Å². The smallest absolute Gasteiger partial charge is 0.270 e. The van der Waals surface area contributed by atoms with Crippen LogP contribution < -0.4 is 5.32 Å². The summed E-state index contributed by atoms with van der Waals surface area (Å²) in [7, 11) is 0. The molecule has 0 aromatic carbocycles. The molecular weight excluding hydrogens is 276 g/mol. The van der Waals surface area contributed by atoms with E-state index < -0.39 is 0 Å². The number of amides is 1. The lowest BCUT2D eigenvalue weighted by molar-refractivity contribution is 0.0928. The van der Waals surface area contributed by atoms with Crippen molar-refractivity contribution in [2.75, 3.05) is 0 Å². The van der Waals surface area contributed by atoms with E-state index in [1.54, 1.807) is 24.8 Å². The lowest BCUT2D eigenvalue weighted by Gasteiger charge is -2.16. The Hall–Kier alpha value is -2.17. The fourth-order valence-electron chi connectivity index (χ4n) is 3.01. The highest BCUT2D eigenvalue weighted by molar-refractivity contribution is 5.92. The summed E-state index contributed by atoms with van der Waals surface area (Å²) in [6, 6.07) is 3.94. The first kappa shape index (κ1) is 14.8. The Bertz CT molecular complexity index is 623. The van der Waals surface area contributed by atoms with Gasteiger partial charge in [-0.15, -0.1) is 0 Å². The van der Waals surface area contributed by atoms with Crippen molar-refractivity contribution >= 4 is 5.91 Å². The van der Waals surface area contributed by atoms with Crippen LogP contribution in [0.1, 0.15) is 49.5 Å². The van der Waals surface area contributed by atoms with Crippen LogP contribution in [-0.2, 0) is 0 Å². The SMILES string of the molecule is CC1CCCC(NC(=O)c2cc(-n3ccnc3)ccn2)CC1. The normalized spacial score (nSPS) is 22.0. The van der Waals surface area contributed by atoms with Crippen molar-refractivity contribution in [1.82, 2.24) is 19.9 Å². The van der Waals surface area contributed by atoms with Crippen molar-refractivity contribution in [2.24, 2.45) is 5.92 Å². The van der Waals surface area contributed by atoms with E-state index >= 15 is 0 Å². The minimum Gasteiger partial charge on any atom is -0.348 e. The standard InChI is InChI=1S/C17H22N4O/c1-13-3-2-4-14(6-5-13)20-17(22)16-11-15(7-8-19-16)21-10-9-18-12-21/h7-14H,2-6H2,1H3,(H,20,22). The average molecular weight is 298 g/mol. The van der Waals surface area contributed by atoms with Gasteiger partial charge in [-0.3, -0.25) is 9.78 Å². The van der Waals surface area contributed by atoms with Crippen molar-refractivity contribution < 1.29 is 4.79 Å². The highest BCUT2D eigenvalue weighted by Gasteiger charge is 2.19. The van der Waals surface area contributed by atoms with Gasteiger partial charge in [-0.25, -0.2) is 4.98 Å². The van der Waals surface area contributed by atoms with E-state index in [9.17, 15) is 4.79 Å². The Labute approximate surface area is 130 Å². The van der Waals surface area contributed by atoms with Crippen LogP contribution in [0.2, 0.25) is 0 Å². The molecule has 0 bridgehead atoms. The molecule has 5 nitrogen and oxygen atoms in total. The summed E-state index contributed by atoms with van der Waals surface area (Å²) >= 11 is 0. The van der Waals surface area contributed by atoms with Gasteiger partial charge in [0.1, 0.15) is 5.69 Å². The Morgan fingerprint density at radius 2 is 2.18 bits per heavy atom. The molecule has 0 radical (unpaired) electrons. The summed E-state index contributed by atoms with van der Waals surface area (Å²) in [6.45, 7) is 2.29. The number of rotatable bonds is 3. The topological polar surface area (TPSA) is 59.8 Å². The molecular formula is C17H22N4O. The van der Waals surface area contributed by atoms with Crippen LogP contribution in [0.3, 0.4) is 0 Å². The molecule has 2 heterocycles. The Morgan fingerprint density at radius 3 is 3.00 bits per heavy atom. The van der Waals surface area contributed by atoms with Gasteiger partial charge in [0.05, 0.1) is 12.0 Å². The van der Waals surface area contributed by atoms with Gasteiger partial charge >= 0.3 is 0 Å². The maximum Gasteiger partial charge on any atom is 0.270 e. The molecule has 2 atom stereocenters. The number of carbonyl (C=O) groups excluding carboxylic acids is 1. The van der Waals surface area contributed by atoms with Gasteiger partial charge in [-0.2, -0.15) is 0 Å². The van der Waals surface area contributed by atoms with E-state index in [0.717, 1.165) is 24.4 Å². The summed E-state index contributed by atoms with van der Waals surface area (Å²) in [6.07, 6.45) is 12.7. The first-order chi connectivity index (χ1) is 10.7. The number of nitrogens with zero attached hydrogens (tertiary/aromatic N) is 3. The van der Waals surface area contributed by atoms with E-state index in [4.69, 9.17) is 0 Å². The molecule has 116 valence electrons. The molecule has 1 aliphatic rings. The van der Waals surface area contributed by atoms with Gasteiger partial charge in [0.15, 0.2) is 0 Å². The molecule has 1 saturated carbocycles. The first-order valence-electron chi connectivity index (χ1n) is 7.97. The molecule has 0 spiro atoms. The lowest BCUT2D eigenvalue weighted by Crippen LogP contribution is -2.35. The zero-order valence-electron chi connectivity index (χ0n) is 12.9. The van der Waals surface area contributed by atoms with Crippen LogP contribution in [0.5, 0.6) is 0 Å². The monoisotopic (exact) mass is 298 g/mol. The third-order valence-corrected chi connectivity index (χ3v) is 4.37. The van der Waals surface area contributed by atoms with Gasteiger partial charge < -0.3 is 9.88 Å². The second-order valence-corrected chi connectivity index (χ2v) is 6.15. The highest BCUT2D eigenvalue weighted by atomic mass is 16.1. The number of imidazole rings is 1. The van der Waals surface area contributed by atoms with Crippen LogP contribution in [0.15, 0.2) is 37.1 Å². The molecule has 0 aliphatic heterocycles. The summed E-state index contributed by atoms with van der Waals surface area (Å²) < 4.78 is 1.87. The molecule has 22 heavy (non-hydrogen) atoms. The number of nitrogens with one attached hydrogen (secondary N) is 1. The first-order valence-corrected chi connectivity index (χ1v) is 7.97. The molecule has 1 aliphatic carbocycles. The third-order valence-electron chi connectivity index (χ3n) is 4.37. The van der Waals surface area contributed by atoms with E-state index in [1.165, 1.54) is 19.3 Å². The molecule has 1 amide bonds. The molecule has 3 rings (SSSR count). The van der Waals surface area contributed by atoms with Crippen LogP contribution in [0.4, 0.5) is 0 Å². The number of hydrogen-bond donors (Lipinski definition) is 1. The number of hydrogen-bond acceptors (Lipinski definition) is 3. The Kier molecular flexibility index (Phi) is 4.51.